The van der Waals surface area contributed by atoms with Crippen LogP contribution in [0, 0.1) is 0 Å². The van der Waals surface area contributed by atoms with Crippen LogP contribution in [0.2, 0.25) is 0 Å². The maximum Gasteiger partial charge on any atom is 0.344 e. The van der Waals surface area contributed by atoms with Gasteiger partial charge in [-0.25, -0.2) is 14.3 Å². The van der Waals surface area contributed by atoms with Gasteiger partial charge in [-0.2, -0.15) is 18.7 Å². The molecule has 10 heteroatoms. The second kappa shape index (κ2) is 6.61. The molecule has 7 nitrogen and oxygen atoms in total. The van der Waals surface area contributed by atoms with Crippen molar-refractivity contribution in [2.75, 3.05) is 6.26 Å². The predicted molar refractivity (Wildman–Crippen MR) is 93.0 cm³/mol. The molecular weight excluding hydrogens is 364 g/mol. The zero-order valence-electron chi connectivity index (χ0n) is 14.0. The van der Waals surface area contributed by atoms with Crippen molar-refractivity contribution < 1.29 is 13.3 Å². The summed E-state index contributed by atoms with van der Waals surface area (Å²) in [6.45, 7) is 4.45. The Morgan fingerprint density at radius 2 is 2.12 bits per heavy atom. The molecule has 0 saturated carbocycles. The third kappa shape index (κ3) is 3.13. The van der Waals surface area contributed by atoms with E-state index in [1.54, 1.807) is 0 Å². The van der Waals surface area contributed by atoms with E-state index >= 15 is 0 Å². The Morgan fingerprint density at radius 3 is 2.73 bits per heavy atom. The van der Waals surface area contributed by atoms with E-state index in [1.807, 2.05) is 0 Å². The smallest absolute Gasteiger partial charge is 0.344 e. The minimum atomic E-state index is -3.15. The van der Waals surface area contributed by atoms with Crippen molar-refractivity contribution >= 4 is 22.2 Å². The third-order valence-corrected chi connectivity index (χ3v) is 4.32. The molecule has 0 N–H and O–H groups in total. The number of alkyl halides is 2. The summed E-state index contributed by atoms with van der Waals surface area (Å²) in [4.78, 5) is 24.7. The van der Waals surface area contributed by atoms with Gasteiger partial charge in [0, 0.05) is 18.1 Å². The van der Waals surface area contributed by atoms with Gasteiger partial charge in [0.15, 0.2) is 11.5 Å². The van der Waals surface area contributed by atoms with E-state index in [-0.39, 0.29) is 28.6 Å². The fourth-order valence-electron chi connectivity index (χ4n) is 2.46. The van der Waals surface area contributed by atoms with Crippen LogP contribution in [0.25, 0.3) is 16.9 Å². The van der Waals surface area contributed by atoms with Crippen LogP contribution in [0.1, 0.15) is 12.6 Å². The van der Waals surface area contributed by atoms with Gasteiger partial charge in [-0.05, 0) is 12.1 Å². The van der Waals surface area contributed by atoms with E-state index in [1.165, 1.54) is 46.1 Å². The molecule has 3 rings (SSSR count). The molecule has 136 valence electrons. The van der Waals surface area contributed by atoms with Crippen LogP contribution in [0.15, 0.2) is 47.0 Å². The minimum Gasteiger partial charge on any atom is -0.609 e. The van der Waals surface area contributed by atoms with Crippen LogP contribution in [0.5, 0.6) is 0 Å². The van der Waals surface area contributed by atoms with Crippen molar-refractivity contribution in [3.8, 4) is 5.82 Å². The van der Waals surface area contributed by atoms with Crippen LogP contribution in [-0.4, -0.2) is 35.1 Å². The molecule has 0 amide bonds. The molecule has 26 heavy (non-hydrogen) atoms. The number of halogens is 2. The number of allylic oxidation sites excluding steroid dienone is 1. The second-order valence-electron chi connectivity index (χ2n) is 5.60. The predicted octanol–water partition coefficient (Wildman–Crippen LogP) is 2.01. The summed E-state index contributed by atoms with van der Waals surface area (Å²) in [7, 11) is 0. The lowest BCUT2D eigenvalue weighted by atomic mass is 10.2. The minimum absolute atomic E-state index is 0.0268. The molecule has 3 aromatic heterocycles. The van der Waals surface area contributed by atoms with Crippen molar-refractivity contribution in [3.63, 3.8) is 0 Å². The first-order valence-corrected chi connectivity index (χ1v) is 9.08. The number of hydrogen-bond acceptors (Lipinski definition) is 5. The van der Waals surface area contributed by atoms with Crippen LogP contribution in [-0.2, 0) is 23.6 Å². The van der Waals surface area contributed by atoms with Gasteiger partial charge < -0.3 is 4.55 Å². The lowest BCUT2D eigenvalue weighted by Crippen LogP contribution is -2.23. The third-order valence-electron chi connectivity index (χ3n) is 3.61. The number of aromatic nitrogens is 5. The standard InChI is InChI=1S/C16H15F2N5O2S/c1-4-8-22-14(24)10-9-19-15(26(3)25)21-13(10)23(22)12-7-5-6-11(20-12)16(2,17)18/h4-7,9H,1,8H2,2-3H3. The molecule has 0 fully saturated rings. The summed E-state index contributed by atoms with van der Waals surface area (Å²) >= 11 is -1.48. The highest BCUT2D eigenvalue weighted by atomic mass is 32.2. The van der Waals surface area contributed by atoms with Crippen LogP contribution in [0.3, 0.4) is 0 Å². The second-order valence-corrected chi connectivity index (χ2v) is 6.87. The Labute approximate surface area is 150 Å². The van der Waals surface area contributed by atoms with Crippen LogP contribution >= 0.6 is 0 Å². The molecule has 0 aliphatic carbocycles. The molecule has 3 heterocycles. The molecule has 0 aliphatic heterocycles. The van der Waals surface area contributed by atoms with Gasteiger partial charge in [0.05, 0.1) is 12.7 Å². The summed E-state index contributed by atoms with van der Waals surface area (Å²) in [6, 6.07) is 4.11. The van der Waals surface area contributed by atoms with Gasteiger partial charge in [0.25, 0.3) is 11.5 Å². The lowest BCUT2D eigenvalue weighted by molar-refractivity contribution is 0.0127. The maximum absolute atomic E-state index is 13.7. The summed E-state index contributed by atoms with van der Waals surface area (Å²) < 4.78 is 41.6. The van der Waals surface area contributed by atoms with Crippen LogP contribution in [0.4, 0.5) is 8.78 Å². The molecule has 0 saturated heterocycles. The Morgan fingerprint density at radius 1 is 1.38 bits per heavy atom. The van der Waals surface area contributed by atoms with E-state index in [4.69, 9.17) is 0 Å². The first-order chi connectivity index (χ1) is 12.2. The highest BCUT2D eigenvalue weighted by molar-refractivity contribution is 7.90. The first-order valence-electron chi connectivity index (χ1n) is 7.52. The first kappa shape index (κ1) is 18.2. The Kier molecular flexibility index (Phi) is 4.63. The van der Waals surface area contributed by atoms with Gasteiger partial charge in [0.2, 0.25) is 0 Å². The Hall–Kier alpha value is -2.59. The van der Waals surface area contributed by atoms with Gasteiger partial charge in [-0.3, -0.25) is 4.79 Å². The van der Waals surface area contributed by atoms with Gasteiger partial charge >= 0.3 is 5.16 Å². The van der Waals surface area contributed by atoms with E-state index in [9.17, 15) is 18.1 Å². The van der Waals surface area contributed by atoms with Crippen LogP contribution < -0.4 is 5.56 Å². The number of pyridine rings is 1. The highest BCUT2D eigenvalue weighted by Gasteiger charge is 2.27. The van der Waals surface area contributed by atoms with Crippen molar-refractivity contribution in [1.29, 1.82) is 0 Å². The molecule has 0 bridgehead atoms. The normalized spacial score (nSPS) is 13.1. The van der Waals surface area contributed by atoms with Gasteiger partial charge in [-0.15, -0.1) is 6.58 Å². The van der Waals surface area contributed by atoms with Gasteiger partial charge in [-0.1, -0.05) is 12.1 Å². The molecule has 1 unspecified atom stereocenters. The van der Waals surface area contributed by atoms with Crippen molar-refractivity contribution in [2.45, 2.75) is 24.5 Å². The summed E-state index contributed by atoms with van der Waals surface area (Å²) in [6.07, 6.45) is 4.16. The SMILES string of the molecule is C=CCn1c(=O)c2cnc([S+](C)[O-])nc2n1-c1cccc(C(C)(F)F)n1. The number of rotatable bonds is 5. The van der Waals surface area contributed by atoms with E-state index in [0.717, 1.165) is 6.92 Å². The molecule has 0 spiro atoms. The molecular formula is C16H15F2N5O2S. The summed E-state index contributed by atoms with van der Waals surface area (Å²) in [5.41, 5.74) is -0.729. The van der Waals surface area contributed by atoms with E-state index < -0.39 is 28.4 Å². The number of nitrogens with zero attached hydrogens (tertiary/aromatic N) is 5. The topological polar surface area (TPSA) is 88.7 Å². The van der Waals surface area contributed by atoms with Crippen molar-refractivity contribution in [2.24, 2.45) is 0 Å². The molecule has 1 atom stereocenters. The van der Waals surface area contributed by atoms with Crippen molar-refractivity contribution in [3.05, 3.63) is 53.1 Å². The largest absolute Gasteiger partial charge is 0.609 e. The molecule has 0 aromatic carbocycles. The zero-order valence-corrected chi connectivity index (χ0v) is 14.8. The average molecular weight is 379 g/mol. The fraction of sp³-hybridized carbons (Fsp3) is 0.250. The molecule has 0 radical (unpaired) electrons. The molecule has 3 aromatic rings. The summed E-state index contributed by atoms with van der Waals surface area (Å²) in [5, 5.41) is 0.190. The van der Waals surface area contributed by atoms with Crippen molar-refractivity contribution in [1.82, 2.24) is 24.3 Å². The lowest BCUT2D eigenvalue weighted by Gasteiger charge is -2.14. The fourth-order valence-corrected chi connectivity index (χ4v) is 2.87. The maximum atomic E-state index is 13.7. The number of fused-ring (bicyclic) bond motifs is 1. The summed E-state index contributed by atoms with van der Waals surface area (Å²) in [5.74, 6) is -3.06. The van der Waals surface area contributed by atoms with Gasteiger partial charge in [0.1, 0.15) is 17.3 Å². The Bertz CT molecular complexity index is 1040. The average Bonchev–Trinajstić information content (AvgIpc) is 2.86. The number of hydrogen-bond donors (Lipinski definition) is 0. The highest BCUT2D eigenvalue weighted by Crippen LogP contribution is 2.26. The monoisotopic (exact) mass is 379 g/mol. The van der Waals surface area contributed by atoms with E-state index in [2.05, 4.69) is 21.5 Å². The van der Waals surface area contributed by atoms with E-state index in [0.29, 0.717) is 0 Å². The Balaban J connectivity index is 2.36. The molecule has 0 aliphatic rings. The zero-order chi connectivity index (χ0) is 19.1. The quantitative estimate of drug-likeness (QED) is 0.384.